The Kier molecular flexibility index (Phi) is 8.14. The van der Waals surface area contributed by atoms with Gasteiger partial charge < -0.3 is 15.4 Å². The summed E-state index contributed by atoms with van der Waals surface area (Å²) in [5, 5.41) is 5.51. The molecule has 170 valence electrons. The molecule has 0 aliphatic carbocycles. The van der Waals surface area contributed by atoms with E-state index in [1.54, 1.807) is 0 Å². The van der Waals surface area contributed by atoms with Crippen molar-refractivity contribution in [1.29, 1.82) is 0 Å². The highest BCUT2D eigenvalue weighted by Gasteiger charge is 2.30. The number of ether oxygens (including phenoxy) is 1. The third-order valence-corrected chi connectivity index (χ3v) is 5.13. The summed E-state index contributed by atoms with van der Waals surface area (Å²) < 4.78 is 43.7. The number of carbonyl (C=O) groups excluding carboxylic acids is 1. The van der Waals surface area contributed by atoms with E-state index in [1.807, 2.05) is 25.1 Å². The first kappa shape index (κ1) is 23.6. The van der Waals surface area contributed by atoms with Crippen LogP contribution in [0, 0.1) is 18.8 Å². The van der Waals surface area contributed by atoms with Crippen molar-refractivity contribution >= 4 is 6.03 Å². The number of aryl methyl sites for hydroxylation is 1. The zero-order valence-electron chi connectivity index (χ0n) is 17.8. The van der Waals surface area contributed by atoms with Crippen molar-refractivity contribution < 1.29 is 22.7 Å². The number of halogens is 3. The number of urea groups is 1. The molecule has 2 N–H and O–H groups in total. The van der Waals surface area contributed by atoms with Crippen molar-refractivity contribution in [2.45, 2.75) is 19.1 Å². The number of nitrogens with one attached hydrogen (secondary N) is 2. The number of amides is 2. The van der Waals surface area contributed by atoms with E-state index in [1.165, 1.54) is 12.1 Å². The van der Waals surface area contributed by atoms with E-state index in [9.17, 15) is 18.0 Å². The number of carbonyl (C=O) groups is 1. The van der Waals surface area contributed by atoms with Crippen molar-refractivity contribution in [1.82, 2.24) is 15.5 Å². The Balaban J connectivity index is 1.54. The lowest BCUT2D eigenvalue weighted by Crippen LogP contribution is -2.45. The molecule has 1 aliphatic heterocycles. The zero-order chi connectivity index (χ0) is 23.0. The second-order valence-electron chi connectivity index (χ2n) is 7.52. The smallest absolute Gasteiger partial charge is 0.379 e. The minimum absolute atomic E-state index is 0.0146. The number of rotatable bonds is 5. The monoisotopic (exact) mass is 445 g/mol. The van der Waals surface area contributed by atoms with Gasteiger partial charge in [-0.05, 0) is 30.7 Å². The normalized spacial score (nSPS) is 15.4. The Bertz CT molecular complexity index is 976. The van der Waals surface area contributed by atoms with Gasteiger partial charge in [-0.3, -0.25) is 4.90 Å². The summed E-state index contributed by atoms with van der Waals surface area (Å²) in [7, 11) is 0. The molecule has 8 heteroatoms. The number of nitrogens with zero attached hydrogens (tertiary/aromatic N) is 1. The predicted octanol–water partition coefficient (Wildman–Crippen LogP) is 3.74. The van der Waals surface area contributed by atoms with Gasteiger partial charge in [0.1, 0.15) is 0 Å². The Morgan fingerprint density at radius 1 is 1.12 bits per heavy atom. The highest BCUT2D eigenvalue weighted by atomic mass is 19.4. The average Bonchev–Trinajstić information content (AvgIpc) is 2.77. The minimum Gasteiger partial charge on any atom is -0.379 e. The maximum absolute atomic E-state index is 12.8. The molecule has 1 saturated heterocycles. The van der Waals surface area contributed by atoms with Crippen LogP contribution in [0.5, 0.6) is 0 Å². The highest BCUT2D eigenvalue weighted by Crippen LogP contribution is 2.29. The number of hydrogen-bond acceptors (Lipinski definition) is 3. The van der Waals surface area contributed by atoms with Crippen molar-refractivity contribution in [3.05, 3.63) is 70.8 Å². The molecular formula is C24H26F3N3O2. The Labute approximate surface area is 185 Å². The highest BCUT2D eigenvalue weighted by molar-refractivity contribution is 5.74. The molecule has 1 unspecified atom stereocenters. The predicted molar refractivity (Wildman–Crippen MR) is 116 cm³/mol. The Morgan fingerprint density at radius 2 is 1.88 bits per heavy atom. The quantitative estimate of drug-likeness (QED) is 0.690. The molecule has 2 aromatic rings. The summed E-state index contributed by atoms with van der Waals surface area (Å²) in [5.74, 6) is 5.33. The van der Waals surface area contributed by atoms with Gasteiger partial charge in [0.2, 0.25) is 0 Å². The Hall–Kier alpha value is -3.02. The van der Waals surface area contributed by atoms with E-state index in [2.05, 4.69) is 33.4 Å². The molecule has 0 saturated carbocycles. The van der Waals surface area contributed by atoms with Crippen LogP contribution in [0.1, 0.15) is 28.3 Å². The number of benzene rings is 2. The van der Waals surface area contributed by atoms with Crippen molar-refractivity contribution in [2.24, 2.45) is 0 Å². The fraction of sp³-hybridized carbons (Fsp3) is 0.375. The second-order valence-corrected chi connectivity index (χ2v) is 7.52. The van der Waals surface area contributed by atoms with Crippen LogP contribution in [-0.4, -0.2) is 50.3 Å². The van der Waals surface area contributed by atoms with E-state index in [0.717, 1.165) is 36.3 Å². The molecule has 1 aliphatic rings. The van der Waals surface area contributed by atoms with Crippen LogP contribution < -0.4 is 10.6 Å². The first-order chi connectivity index (χ1) is 15.3. The summed E-state index contributed by atoms with van der Waals surface area (Å²) >= 11 is 0. The van der Waals surface area contributed by atoms with Gasteiger partial charge in [-0.15, -0.1) is 0 Å². The number of alkyl halides is 3. The molecule has 0 bridgehead atoms. The van der Waals surface area contributed by atoms with Gasteiger partial charge >= 0.3 is 12.2 Å². The zero-order valence-corrected chi connectivity index (χ0v) is 17.8. The molecule has 2 aromatic carbocycles. The molecule has 0 spiro atoms. The van der Waals surface area contributed by atoms with Crippen LogP contribution in [0.15, 0.2) is 48.5 Å². The van der Waals surface area contributed by atoms with Crippen molar-refractivity contribution in [2.75, 3.05) is 39.4 Å². The molecular weight excluding hydrogens is 419 g/mol. The summed E-state index contributed by atoms with van der Waals surface area (Å²) in [5.41, 5.74) is 1.76. The fourth-order valence-corrected chi connectivity index (χ4v) is 3.52. The van der Waals surface area contributed by atoms with E-state index in [0.29, 0.717) is 19.8 Å². The molecule has 32 heavy (non-hydrogen) atoms. The summed E-state index contributed by atoms with van der Waals surface area (Å²) in [6, 6.07) is 12.6. The van der Waals surface area contributed by atoms with Gasteiger partial charge in [0.05, 0.1) is 31.4 Å². The van der Waals surface area contributed by atoms with Crippen LogP contribution in [0.2, 0.25) is 0 Å². The third kappa shape index (κ3) is 7.01. The lowest BCUT2D eigenvalue weighted by molar-refractivity contribution is -0.137. The number of hydrogen-bond donors (Lipinski definition) is 2. The van der Waals surface area contributed by atoms with Crippen LogP contribution in [0.3, 0.4) is 0 Å². The molecule has 1 heterocycles. The largest absolute Gasteiger partial charge is 0.416 e. The molecule has 1 fully saturated rings. The Morgan fingerprint density at radius 3 is 2.59 bits per heavy atom. The molecule has 0 aromatic heterocycles. The van der Waals surface area contributed by atoms with E-state index in [4.69, 9.17) is 4.74 Å². The second kappa shape index (κ2) is 11.0. The van der Waals surface area contributed by atoms with Crippen molar-refractivity contribution in [3.63, 3.8) is 0 Å². The van der Waals surface area contributed by atoms with Gasteiger partial charge in [0.15, 0.2) is 0 Å². The first-order valence-corrected chi connectivity index (χ1v) is 10.4. The van der Waals surface area contributed by atoms with E-state index >= 15 is 0 Å². The standard InChI is InChI=1S/C24H26F3N3O2/c1-18-5-2-8-20(15-18)22(30-11-13-32-14-12-30)17-29-23(31)28-10-4-7-19-6-3-9-21(16-19)24(25,26)27/h2-3,5-6,8-9,15-16,22H,10-14,17H2,1H3,(H2,28,29,31). The van der Waals surface area contributed by atoms with E-state index in [-0.39, 0.29) is 24.2 Å². The summed E-state index contributed by atoms with van der Waals surface area (Å²) in [6.45, 7) is 5.34. The van der Waals surface area contributed by atoms with E-state index < -0.39 is 11.7 Å². The minimum atomic E-state index is -4.41. The van der Waals surface area contributed by atoms with Gasteiger partial charge in [0, 0.05) is 25.2 Å². The molecule has 1 atom stereocenters. The number of morpholine rings is 1. The fourth-order valence-electron chi connectivity index (χ4n) is 3.52. The summed E-state index contributed by atoms with van der Waals surface area (Å²) in [6.07, 6.45) is -4.41. The molecule has 3 rings (SSSR count). The first-order valence-electron chi connectivity index (χ1n) is 10.4. The maximum atomic E-state index is 12.8. The van der Waals surface area contributed by atoms with Gasteiger partial charge in [0.25, 0.3) is 0 Å². The average molecular weight is 445 g/mol. The van der Waals surface area contributed by atoms with Gasteiger partial charge in [-0.2, -0.15) is 13.2 Å². The van der Waals surface area contributed by atoms with Crippen LogP contribution in [0.25, 0.3) is 0 Å². The van der Waals surface area contributed by atoms with Crippen LogP contribution in [0.4, 0.5) is 18.0 Å². The molecule has 2 amide bonds. The van der Waals surface area contributed by atoms with Gasteiger partial charge in [-0.1, -0.05) is 47.7 Å². The third-order valence-electron chi connectivity index (χ3n) is 5.13. The van der Waals surface area contributed by atoms with Crippen LogP contribution in [-0.2, 0) is 10.9 Å². The molecule has 5 nitrogen and oxygen atoms in total. The summed E-state index contributed by atoms with van der Waals surface area (Å²) in [4.78, 5) is 14.5. The van der Waals surface area contributed by atoms with Crippen molar-refractivity contribution in [3.8, 4) is 11.8 Å². The lowest BCUT2D eigenvalue weighted by atomic mass is 10.0. The lowest BCUT2D eigenvalue weighted by Gasteiger charge is -2.35. The van der Waals surface area contributed by atoms with Gasteiger partial charge in [-0.25, -0.2) is 4.79 Å². The van der Waals surface area contributed by atoms with Crippen LogP contribution >= 0.6 is 0 Å². The molecule has 0 radical (unpaired) electrons. The SMILES string of the molecule is Cc1cccc(C(CNC(=O)NCC#Cc2cccc(C(F)(F)F)c2)N2CCOCC2)c1. The maximum Gasteiger partial charge on any atom is 0.416 e. The topological polar surface area (TPSA) is 53.6 Å².